The van der Waals surface area contributed by atoms with Crippen LogP contribution >= 0.6 is 0 Å². The van der Waals surface area contributed by atoms with Crippen molar-refractivity contribution in [3.63, 3.8) is 0 Å². The molecule has 42 heavy (non-hydrogen) atoms. The van der Waals surface area contributed by atoms with Crippen molar-refractivity contribution in [3.8, 4) is 17.2 Å². The van der Waals surface area contributed by atoms with Gasteiger partial charge in [-0.3, -0.25) is 9.59 Å². The molecule has 0 radical (unpaired) electrons. The molecule has 2 aromatic carbocycles. The van der Waals surface area contributed by atoms with Crippen LogP contribution in [0.1, 0.15) is 55.2 Å². The summed E-state index contributed by atoms with van der Waals surface area (Å²) in [6.45, 7) is 4.80. The van der Waals surface area contributed by atoms with Gasteiger partial charge in [0.1, 0.15) is 22.8 Å². The number of alkyl halides is 3. The maximum atomic E-state index is 13.5. The molecular weight excluding hydrogens is 558 g/mol. The highest BCUT2D eigenvalue weighted by molar-refractivity contribution is 6.01. The first kappa shape index (κ1) is 30.4. The topological polar surface area (TPSA) is 124 Å². The number of ether oxygens (including phenoxy) is 1. The first-order valence-corrected chi connectivity index (χ1v) is 13.0. The summed E-state index contributed by atoms with van der Waals surface area (Å²) in [5.41, 5.74) is 5.38. The van der Waals surface area contributed by atoms with Gasteiger partial charge in [-0.1, -0.05) is 6.92 Å². The molecule has 2 aromatic heterocycles. The number of nitrogens with two attached hydrogens (primary N) is 1. The van der Waals surface area contributed by atoms with Gasteiger partial charge in [-0.15, -0.1) is 0 Å². The van der Waals surface area contributed by atoms with Crippen LogP contribution in [0.25, 0.3) is 22.4 Å². The van der Waals surface area contributed by atoms with Crippen LogP contribution in [0.4, 0.5) is 23.2 Å². The number of nitrogens with one attached hydrogen (secondary N) is 1. The van der Waals surface area contributed by atoms with Gasteiger partial charge in [-0.05, 0) is 68.8 Å². The Bertz CT molecular complexity index is 1600. The lowest BCUT2D eigenvalue weighted by atomic mass is 10.1. The number of halogens is 4. The molecule has 0 aliphatic heterocycles. The SMILES string of the molecule is CCC(C)Oc1ccc(-c2nc(C(=O)NCC(=O)N(C)c3ccc(F)cc3)c([C@H](C)N)o2)c2ccc(C(F)(F)F)nc12. The Morgan fingerprint density at radius 3 is 2.38 bits per heavy atom. The minimum Gasteiger partial charge on any atom is -0.488 e. The van der Waals surface area contributed by atoms with Crippen molar-refractivity contribution in [3.05, 3.63) is 71.5 Å². The molecule has 0 aliphatic carbocycles. The normalized spacial score (nSPS) is 13.1. The Hall–Kier alpha value is -4.52. The molecule has 2 atom stereocenters. The summed E-state index contributed by atoms with van der Waals surface area (Å²) in [4.78, 5) is 35.1. The number of rotatable bonds is 9. The number of hydrogen-bond acceptors (Lipinski definition) is 7. The molecule has 1 unspecified atom stereocenters. The molecule has 0 saturated heterocycles. The lowest BCUT2D eigenvalue weighted by Gasteiger charge is -2.17. The third kappa shape index (κ3) is 6.51. The van der Waals surface area contributed by atoms with Crippen LogP contribution in [0.15, 0.2) is 52.9 Å². The Kier molecular flexibility index (Phi) is 8.81. The molecular formula is C29H29F4N5O4. The van der Waals surface area contributed by atoms with E-state index in [2.05, 4.69) is 15.3 Å². The van der Waals surface area contributed by atoms with E-state index in [9.17, 15) is 27.2 Å². The number of aromatic nitrogens is 2. The standard InChI is InChI=1S/C29H29F4N5O4/c1-5-15(2)41-21-12-10-20(19-11-13-22(29(31,32)33)36-24(19)21)28-37-25(26(42-28)16(3)34)27(40)35-14-23(39)38(4)18-8-6-17(30)7-9-18/h6-13,15-16H,5,14,34H2,1-4H3,(H,35,40)/t15?,16-/m0/s1. The van der Waals surface area contributed by atoms with Crippen molar-refractivity contribution in [2.75, 3.05) is 18.5 Å². The van der Waals surface area contributed by atoms with Gasteiger partial charge in [0.05, 0.1) is 18.7 Å². The second-order valence-electron chi connectivity index (χ2n) is 9.67. The van der Waals surface area contributed by atoms with Gasteiger partial charge in [0.15, 0.2) is 11.5 Å². The molecule has 4 rings (SSSR count). The number of carbonyl (C=O) groups excluding carboxylic acids is 2. The molecule has 2 heterocycles. The Labute approximate surface area is 238 Å². The van der Waals surface area contributed by atoms with Gasteiger partial charge < -0.3 is 25.1 Å². The Morgan fingerprint density at radius 1 is 1.07 bits per heavy atom. The van der Waals surface area contributed by atoms with E-state index in [0.717, 1.165) is 6.07 Å². The minimum absolute atomic E-state index is 0.00907. The number of oxazole rings is 1. The van der Waals surface area contributed by atoms with E-state index in [4.69, 9.17) is 14.9 Å². The van der Waals surface area contributed by atoms with Crippen LogP contribution in [0, 0.1) is 5.82 Å². The fraction of sp³-hybridized carbons (Fsp3) is 0.310. The van der Waals surface area contributed by atoms with Crippen molar-refractivity contribution < 1.29 is 36.3 Å². The molecule has 0 fully saturated rings. The number of nitrogens with zero attached hydrogens (tertiary/aromatic N) is 3. The van der Waals surface area contributed by atoms with Crippen LogP contribution in [-0.2, 0) is 11.0 Å². The highest BCUT2D eigenvalue weighted by atomic mass is 19.4. The van der Waals surface area contributed by atoms with E-state index in [1.54, 1.807) is 19.9 Å². The number of carbonyl (C=O) groups is 2. The van der Waals surface area contributed by atoms with Gasteiger partial charge in [-0.25, -0.2) is 14.4 Å². The third-order valence-electron chi connectivity index (χ3n) is 6.51. The quantitative estimate of drug-likeness (QED) is 0.243. The first-order valence-electron chi connectivity index (χ1n) is 13.0. The van der Waals surface area contributed by atoms with Crippen molar-refractivity contribution >= 4 is 28.4 Å². The van der Waals surface area contributed by atoms with Crippen molar-refractivity contribution in [2.24, 2.45) is 5.73 Å². The smallest absolute Gasteiger partial charge is 0.433 e. The second-order valence-corrected chi connectivity index (χ2v) is 9.67. The van der Waals surface area contributed by atoms with E-state index < -0.39 is 42.1 Å². The second kappa shape index (κ2) is 12.1. The molecule has 0 aliphatic rings. The maximum absolute atomic E-state index is 13.5. The van der Waals surface area contributed by atoms with E-state index in [1.807, 2.05) is 6.92 Å². The van der Waals surface area contributed by atoms with E-state index in [0.29, 0.717) is 12.1 Å². The lowest BCUT2D eigenvalue weighted by molar-refractivity contribution is -0.141. The van der Waals surface area contributed by atoms with Gasteiger partial charge in [0.25, 0.3) is 5.91 Å². The largest absolute Gasteiger partial charge is 0.488 e. The summed E-state index contributed by atoms with van der Waals surface area (Å²) in [6, 6.07) is 9.55. The van der Waals surface area contributed by atoms with Crippen LogP contribution in [0.5, 0.6) is 5.75 Å². The van der Waals surface area contributed by atoms with E-state index in [-0.39, 0.29) is 45.7 Å². The van der Waals surface area contributed by atoms with Crippen LogP contribution in [0.3, 0.4) is 0 Å². The third-order valence-corrected chi connectivity index (χ3v) is 6.51. The van der Waals surface area contributed by atoms with Crippen molar-refractivity contribution in [2.45, 2.75) is 45.5 Å². The lowest BCUT2D eigenvalue weighted by Crippen LogP contribution is -2.38. The van der Waals surface area contributed by atoms with Crippen molar-refractivity contribution in [1.29, 1.82) is 0 Å². The van der Waals surface area contributed by atoms with E-state index >= 15 is 0 Å². The number of hydrogen-bond donors (Lipinski definition) is 2. The fourth-order valence-corrected chi connectivity index (χ4v) is 4.02. The molecule has 0 spiro atoms. The predicted molar refractivity (Wildman–Crippen MR) is 147 cm³/mol. The van der Waals surface area contributed by atoms with Gasteiger partial charge >= 0.3 is 6.18 Å². The summed E-state index contributed by atoms with van der Waals surface area (Å²) < 4.78 is 65.4. The van der Waals surface area contributed by atoms with Crippen molar-refractivity contribution in [1.82, 2.24) is 15.3 Å². The summed E-state index contributed by atoms with van der Waals surface area (Å²) >= 11 is 0. The van der Waals surface area contributed by atoms with Crippen LogP contribution < -0.4 is 20.7 Å². The van der Waals surface area contributed by atoms with Gasteiger partial charge in [-0.2, -0.15) is 13.2 Å². The number of fused-ring (bicyclic) bond motifs is 1. The summed E-state index contributed by atoms with van der Waals surface area (Å²) in [6.07, 6.45) is -4.36. The Morgan fingerprint density at radius 2 is 1.76 bits per heavy atom. The van der Waals surface area contributed by atoms with Crippen LogP contribution in [-0.4, -0.2) is 41.5 Å². The number of benzene rings is 2. The molecule has 0 saturated carbocycles. The average molecular weight is 588 g/mol. The van der Waals surface area contributed by atoms with Gasteiger partial charge in [0, 0.05) is 23.7 Å². The monoisotopic (exact) mass is 587 g/mol. The molecule has 4 aromatic rings. The molecule has 9 nitrogen and oxygen atoms in total. The zero-order chi connectivity index (χ0) is 30.8. The average Bonchev–Trinajstić information content (AvgIpc) is 3.41. The van der Waals surface area contributed by atoms with Crippen LogP contribution in [0.2, 0.25) is 0 Å². The zero-order valence-corrected chi connectivity index (χ0v) is 23.3. The predicted octanol–water partition coefficient (Wildman–Crippen LogP) is 5.64. The number of amides is 2. The molecule has 3 N–H and O–H groups in total. The number of anilines is 1. The molecule has 0 bridgehead atoms. The minimum atomic E-state index is -4.68. The summed E-state index contributed by atoms with van der Waals surface area (Å²) in [7, 11) is 1.47. The highest BCUT2D eigenvalue weighted by Gasteiger charge is 2.33. The van der Waals surface area contributed by atoms with E-state index in [1.165, 1.54) is 48.3 Å². The summed E-state index contributed by atoms with van der Waals surface area (Å²) in [5.74, 6) is -1.62. The highest BCUT2D eigenvalue weighted by Crippen LogP contribution is 2.38. The fourth-order valence-electron chi connectivity index (χ4n) is 4.02. The zero-order valence-electron chi connectivity index (χ0n) is 23.3. The summed E-state index contributed by atoms with van der Waals surface area (Å²) in [5, 5.41) is 2.73. The molecule has 13 heteroatoms. The molecule has 222 valence electrons. The first-order chi connectivity index (χ1) is 19.8. The number of likely N-dealkylation sites (N-methyl/N-ethyl adjacent to an activating group) is 1. The molecule has 2 amide bonds. The maximum Gasteiger partial charge on any atom is 0.433 e. The Balaban J connectivity index is 1.67. The van der Waals surface area contributed by atoms with Gasteiger partial charge in [0.2, 0.25) is 11.8 Å². The number of pyridine rings is 1.